The largest absolute Gasteiger partial charge is 0.399 e. The van der Waals surface area contributed by atoms with Crippen molar-refractivity contribution in [2.75, 3.05) is 11.1 Å². The van der Waals surface area contributed by atoms with Crippen molar-refractivity contribution in [3.63, 3.8) is 0 Å². The third kappa shape index (κ3) is 2.78. The molecule has 0 saturated carbocycles. The summed E-state index contributed by atoms with van der Waals surface area (Å²) in [6, 6.07) is 9.27. The minimum Gasteiger partial charge on any atom is -0.399 e. The van der Waals surface area contributed by atoms with E-state index in [1.165, 1.54) is 12.1 Å². The number of rotatable bonds is 2. The quantitative estimate of drug-likeness (QED) is 0.777. The Kier molecular flexibility index (Phi) is 3.00. The zero-order chi connectivity index (χ0) is 12.3. The summed E-state index contributed by atoms with van der Waals surface area (Å²) in [5.41, 5.74) is 6.84. The third-order valence-corrected chi connectivity index (χ3v) is 2.10. The molecule has 5 heteroatoms. The van der Waals surface area contributed by atoms with Crippen LogP contribution in [0.1, 0.15) is 10.5 Å². The topological polar surface area (TPSA) is 68.0 Å². The summed E-state index contributed by atoms with van der Waals surface area (Å²) in [6.45, 7) is 0. The molecule has 1 heterocycles. The first-order valence-electron chi connectivity index (χ1n) is 4.93. The standard InChI is InChI=1S/C12H10FN3O/c13-8-4-5-11(15-7-8)12(17)16-10-3-1-2-9(14)6-10/h1-7H,14H2,(H,16,17). The molecule has 0 spiro atoms. The van der Waals surface area contributed by atoms with Crippen LogP contribution >= 0.6 is 0 Å². The molecule has 0 atom stereocenters. The maximum atomic E-state index is 12.6. The fourth-order valence-electron chi connectivity index (χ4n) is 1.32. The molecule has 3 N–H and O–H groups in total. The van der Waals surface area contributed by atoms with E-state index in [-0.39, 0.29) is 5.69 Å². The Bertz CT molecular complexity index is 540. The highest BCUT2D eigenvalue weighted by atomic mass is 19.1. The second kappa shape index (κ2) is 4.61. The number of carbonyl (C=O) groups is 1. The lowest BCUT2D eigenvalue weighted by Gasteiger charge is -2.05. The van der Waals surface area contributed by atoms with Crippen molar-refractivity contribution in [3.8, 4) is 0 Å². The molecule has 2 aromatic rings. The number of nitrogen functional groups attached to an aromatic ring is 1. The number of nitrogens with one attached hydrogen (secondary N) is 1. The zero-order valence-electron chi connectivity index (χ0n) is 8.85. The molecule has 0 aliphatic heterocycles. The minimum absolute atomic E-state index is 0.147. The summed E-state index contributed by atoms with van der Waals surface area (Å²) < 4.78 is 12.6. The van der Waals surface area contributed by atoms with E-state index in [4.69, 9.17) is 5.73 Å². The number of amides is 1. The molecule has 0 aliphatic carbocycles. The van der Waals surface area contributed by atoms with Crippen molar-refractivity contribution in [1.82, 2.24) is 4.98 Å². The molecule has 1 amide bonds. The Morgan fingerprint density at radius 3 is 2.76 bits per heavy atom. The van der Waals surface area contributed by atoms with Gasteiger partial charge in [0, 0.05) is 11.4 Å². The summed E-state index contributed by atoms with van der Waals surface area (Å²) in [7, 11) is 0. The highest BCUT2D eigenvalue weighted by Gasteiger charge is 2.07. The summed E-state index contributed by atoms with van der Waals surface area (Å²) in [5.74, 6) is -0.888. The number of anilines is 2. The van der Waals surface area contributed by atoms with Gasteiger partial charge in [-0.1, -0.05) is 6.07 Å². The second-order valence-electron chi connectivity index (χ2n) is 3.44. The van der Waals surface area contributed by atoms with Gasteiger partial charge in [0.1, 0.15) is 11.5 Å². The summed E-state index contributed by atoms with van der Waals surface area (Å²) in [6.07, 6.45) is 0.994. The maximum Gasteiger partial charge on any atom is 0.274 e. The van der Waals surface area contributed by atoms with Crippen LogP contribution in [0.2, 0.25) is 0 Å². The maximum absolute atomic E-state index is 12.6. The Morgan fingerprint density at radius 2 is 2.12 bits per heavy atom. The molecule has 0 fully saturated rings. The van der Waals surface area contributed by atoms with Gasteiger partial charge in [0.25, 0.3) is 5.91 Å². The van der Waals surface area contributed by atoms with Crippen LogP contribution in [-0.2, 0) is 0 Å². The van der Waals surface area contributed by atoms with Crippen molar-refractivity contribution in [2.45, 2.75) is 0 Å². The van der Waals surface area contributed by atoms with Crippen LogP contribution in [0.15, 0.2) is 42.6 Å². The predicted octanol–water partition coefficient (Wildman–Crippen LogP) is 2.06. The van der Waals surface area contributed by atoms with Crippen molar-refractivity contribution in [2.24, 2.45) is 0 Å². The lowest BCUT2D eigenvalue weighted by Crippen LogP contribution is -2.13. The van der Waals surface area contributed by atoms with E-state index < -0.39 is 11.7 Å². The van der Waals surface area contributed by atoms with Crippen molar-refractivity contribution in [3.05, 3.63) is 54.1 Å². The summed E-state index contributed by atoms with van der Waals surface area (Å²) in [5, 5.41) is 2.61. The molecule has 0 radical (unpaired) electrons. The number of aromatic nitrogens is 1. The molecule has 1 aromatic heterocycles. The summed E-state index contributed by atoms with van der Waals surface area (Å²) >= 11 is 0. The highest BCUT2D eigenvalue weighted by Crippen LogP contribution is 2.12. The smallest absolute Gasteiger partial charge is 0.274 e. The SMILES string of the molecule is Nc1cccc(NC(=O)c2ccc(F)cn2)c1. The Hall–Kier alpha value is -2.43. The number of halogens is 1. The molecular formula is C12H10FN3O. The van der Waals surface area contributed by atoms with Gasteiger partial charge in [-0.05, 0) is 30.3 Å². The molecule has 0 unspecified atom stereocenters. The number of nitrogens with zero attached hydrogens (tertiary/aromatic N) is 1. The average molecular weight is 231 g/mol. The first kappa shape index (κ1) is 11.1. The van der Waals surface area contributed by atoms with Crippen LogP contribution in [0.5, 0.6) is 0 Å². The van der Waals surface area contributed by atoms with Crippen LogP contribution in [0.3, 0.4) is 0 Å². The Labute approximate surface area is 97.3 Å². The van der Waals surface area contributed by atoms with E-state index in [9.17, 15) is 9.18 Å². The van der Waals surface area contributed by atoms with Gasteiger partial charge in [0.15, 0.2) is 0 Å². The molecule has 1 aromatic carbocycles. The molecule has 0 aliphatic rings. The van der Waals surface area contributed by atoms with Crippen molar-refractivity contribution >= 4 is 17.3 Å². The van der Waals surface area contributed by atoms with Crippen LogP contribution in [0, 0.1) is 5.82 Å². The van der Waals surface area contributed by atoms with Gasteiger partial charge in [-0.25, -0.2) is 9.37 Å². The molecule has 4 nitrogen and oxygen atoms in total. The van der Waals surface area contributed by atoms with Crippen LogP contribution in [-0.4, -0.2) is 10.9 Å². The van der Waals surface area contributed by atoms with E-state index in [2.05, 4.69) is 10.3 Å². The number of pyridine rings is 1. The molecule has 86 valence electrons. The van der Waals surface area contributed by atoms with Gasteiger partial charge in [0.05, 0.1) is 6.20 Å². The molecule has 0 bridgehead atoms. The van der Waals surface area contributed by atoms with E-state index in [0.717, 1.165) is 6.20 Å². The van der Waals surface area contributed by atoms with Gasteiger partial charge in [-0.15, -0.1) is 0 Å². The normalized spacial score (nSPS) is 9.94. The van der Waals surface area contributed by atoms with Gasteiger partial charge < -0.3 is 11.1 Å². The van der Waals surface area contributed by atoms with E-state index in [1.54, 1.807) is 24.3 Å². The Morgan fingerprint density at radius 1 is 1.29 bits per heavy atom. The number of hydrogen-bond donors (Lipinski definition) is 2. The lowest BCUT2D eigenvalue weighted by atomic mass is 10.2. The van der Waals surface area contributed by atoms with Crippen LogP contribution < -0.4 is 11.1 Å². The number of carbonyl (C=O) groups excluding carboxylic acids is 1. The third-order valence-electron chi connectivity index (χ3n) is 2.10. The molecular weight excluding hydrogens is 221 g/mol. The number of nitrogens with two attached hydrogens (primary N) is 1. The van der Waals surface area contributed by atoms with Gasteiger partial charge in [0.2, 0.25) is 0 Å². The Balaban J connectivity index is 2.14. The molecule has 2 rings (SSSR count). The lowest BCUT2D eigenvalue weighted by molar-refractivity contribution is 0.102. The number of benzene rings is 1. The highest BCUT2D eigenvalue weighted by molar-refractivity contribution is 6.02. The van der Waals surface area contributed by atoms with Crippen molar-refractivity contribution in [1.29, 1.82) is 0 Å². The van der Waals surface area contributed by atoms with Gasteiger partial charge >= 0.3 is 0 Å². The van der Waals surface area contributed by atoms with Gasteiger partial charge in [-0.3, -0.25) is 4.79 Å². The minimum atomic E-state index is -0.481. The van der Waals surface area contributed by atoms with E-state index >= 15 is 0 Å². The first-order chi connectivity index (χ1) is 8.15. The predicted molar refractivity (Wildman–Crippen MR) is 63.0 cm³/mol. The number of hydrogen-bond acceptors (Lipinski definition) is 3. The monoisotopic (exact) mass is 231 g/mol. The first-order valence-corrected chi connectivity index (χ1v) is 4.93. The van der Waals surface area contributed by atoms with Gasteiger partial charge in [-0.2, -0.15) is 0 Å². The van der Waals surface area contributed by atoms with Crippen molar-refractivity contribution < 1.29 is 9.18 Å². The fraction of sp³-hybridized carbons (Fsp3) is 0. The molecule has 17 heavy (non-hydrogen) atoms. The fourth-order valence-corrected chi connectivity index (χ4v) is 1.32. The zero-order valence-corrected chi connectivity index (χ0v) is 8.85. The second-order valence-corrected chi connectivity index (χ2v) is 3.44. The summed E-state index contributed by atoms with van der Waals surface area (Å²) in [4.78, 5) is 15.4. The van der Waals surface area contributed by atoms with E-state index in [1.807, 2.05) is 0 Å². The molecule has 0 saturated heterocycles. The van der Waals surface area contributed by atoms with E-state index in [0.29, 0.717) is 11.4 Å². The average Bonchev–Trinajstić information content (AvgIpc) is 2.29. The van der Waals surface area contributed by atoms with Crippen LogP contribution in [0.4, 0.5) is 15.8 Å². The van der Waals surface area contributed by atoms with Crippen LogP contribution in [0.25, 0.3) is 0 Å².